The summed E-state index contributed by atoms with van der Waals surface area (Å²) in [5.41, 5.74) is 14.6. The molecule has 25 heavy (non-hydrogen) atoms. The summed E-state index contributed by atoms with van der Waals surface area (Å²) in [5.74, 6) is 1.00. The number of benzene rings is 1. The molecule has 1 heterocycles. The number of hydrogen-bond donors (Lipinski definition) is 3. The van der Waals surface area contributed by atoms with Crippen LogP contribution in [0.15, 0.2) is 35.3 Å². The Morgan fingerprint density at radius 2 is 2.08 bits per heavy atom. The molecule has 1 fully saturated rings. The summed E-state index contributed by atoms with van der Waals surface area (Å²) in [6.45, 7) is 1.08. The summed E-state index contributed by atoms with van der Waals surface area (Å²) in [7, 11) is 0. The van der Waals surface area contributed by atoms with Crippen molar-refractivity contribution in [1.82, 2.24) is 14.9 Å². The van der Waals surface area contributed by atoms with Crippen molar-refractivity contribution in [1.29, 1.82) is 0 Å². The van der Waals surface area contributed by atoms with E-state index in [4.69, 9.17) is 11.5 Å². The van der Waals surface area contributed by atoms with Crippen molar-refractivity contribution >= 4 is 5.82 Å². The van der Waals surface area contributed by atoms with Crippen LogP contribution in [-0.4, -0.2) is 28.2 Å². The smallest absolute Gasteiger partial charge is 0.354 e. The van der Waals surface area contributed by atoms with Gasteiger partial charge in [0.1, 0.15) is 5.82 Å². The fourth-order valence-electron chi connectivity index (χ4n) is 3.97. The average molecular weight is 339 g/mol. The molecule has 5 N–H and O–H groups in total. The Morgan fingerprint density at radius 1 is 1.24 bits per heavy atom. The minimum absolute atomic E-state index is 0.251. The lowest BCUT2D eigenvalue weighted by atomic mass is 9.80. The Bertz CT molecular complexity index is 825. The van der Waals surface area contributed by atoms with E-state index >= 15 is 0 Å². The highest BCUT2D eigenvalue weighted by Crippen LogP contribution is 2.27. The van der Waals surface area contributed by atoms with E-state index in [1.165, 1.54) is 11.1 Å². The van der Waals surface area contributed by atoms with E-state index in [1.54, 1.807) is 16.8 Å². The predicted molar refractivity (Wildman–Crippen MR) is 98.8 cm³/mol. The van der Waals surface area contributed by atoms with E-state index in [2.05, 4.69) is 22.4 Å². The van der Waals surface area contributed by atoms with Crippen molar-refractivity contribution in [2.45, 2.75) is 44.2 Å². The maximum Gasteiger partial charge on any atom is 0.354 e. The van der Waals surface area contributed by atoms with Crippen LogP contribution < -0.4 is 22.5 Å². The molecule has 1 saturated carbocycles. The van der Waals surface area contributed by atoms with E-state index < -0.39 is 0 Å². The topological polar surface area (TPSA) is 99.0 Å². The van der Waals surface area contributed by atoms with Gasteiger partial charge >= 0.3 is 5.69 Å². The largest absolute Gasteiger partial charge is 0.383 e. The van der Waals surface area contributed by atoms with Crippen molar-refractivity contribution in [2.24, 2.45) is 11.7 Å². The molecule has 0 bridgehead atoms. The molecule has 0 radical (unpaired) electrons. The molecule has 0 aliphatic heterocycles. The first kappa shape index (κ1) is 16.3. The van der Waals surface area contributed by atoms with Gasteiger partial charge in [0.2, 0.25) is 0 Å². The number of nitrogens with zero attached hydrogens (tertiary/aromatic N) is 2. The van der Waals surface area contributed by atoms with Gasteiger partial charge in [-0.25, -0.2) is 4.79 Å². The van der Waals surface area contributed by atoms with Crippen molar-refractivity contribution in [3.05, 3.63) is 52.1 Å². The first-order valence-electron chi connectivity index (χ1n) is 9.05. The van der Waals surface area contributed by atoms with Crippen LogP contribution in [0.1, 0.15) is 30.4 Å². The second kappa shape index (κ2) is 6.61. The SMILES string of the molecule is Nc1ccn(-c2ccc3c(c2)CCC(NC[C@H]2C[C@H](N)C2)C3)c(=O)n1. The van der Waals surface area contributed by atoms with E-state index in [0.717, 1.165) is 50.3 Å². The zero-order valence-corrected chi connectivity index (χ0v) is 14.3. The number of aromatic nitrogens is 2. The number of fused-ring (bicyclic) bond motifs is 1. The number of nitrogens with two attached hydrogens (primary N) is 2. The van der Waals surface area contributed by atoms with Gasteiger partial charge in [-0.1, -0.05) is 6.07 Å². The second-order valence-electron chi connectivity index (χ2n) is 7.40. The number of anilines is 1. The number of aryl methyl sites for hydroxylation is 1. The quantitative estimate of drug-likeness (QED) is 0.772. The van der Waals surface area contributed by atoms with Crippen molar-refractivity contribution in [3.8, 4) is 5.69 Å². The van der Waals surface area contributed by atoms with Gasteiger partial charge in [0, 0.05) is 18.3 Å². The Hall–Kier alpha value is -2.18. The Balaban J connectivity index is 1.45. The number of rotatable bonds is 4. The molecular weight excluding hydrogens is 314 g/mol. The van der Waals surface area contributed by atoms with Crippen molar-refractivity contribution < 1.29 is 0 Å². The maximum atomic E-state index is 12.0. The summed E-state index contributed by atoms with van der Waals surface area (Å²) in [4.78, 5) is 15.8. The van der Waals surface area contributed by atoms with Crippen molar-refractivity contribution in [2.75, 3.05) is 12.3 Å². The van der Waals surface area contributed by atoms with Gasteiger partial charge < -0.3 is 16.8 Å². The lowest BCUT2D eigenvalue weighted by molar-refractivity contribution is 0.244. The molecule has 1 aromatic heterocycles. The molecule has 6 heteroatoms. The molecule has 2 aromatic rings. The van der Waals surface area contributed by atoms with Gasteiger partial charge in [0.25, 0.3) is 0 Å². The molecule has 132 valence electrons. The molecular formula is C19H25N5O. The predicted octanol–water partition coefficient (Wildman–Crippen LogP) is 0.999. The molecule has 0 spiro atoms. The molecule has 2 aliphatic carbocycles. The highest BCUT2D eigenvalue weighted by Gasteiger charge is 2.27. The molecule has 0 saturated heterocycles. The summed E-state index contributed by atoms with van der Waals surface area (Å²) >= 11 is 0. The average Bonchev–Trinajstić information content (AvgIpc) is 2.57. The zero-order valence-electron chi connectivity index (χ0n) is 14.3. The van der Waals surface area contributed by atoms with E-state index in [0.29, 0.717) is 12.1 Å². The van der Waals surface area contributed by atoms with Crippen LogP contribution in [0.4, 0.5) is 5.82 Å². The number of nitrogens with one attached hydrogen (secondary N) is 1. The molecule has 4 rings (SSSR count). The summed E-state index contributed by atoms with van der Waals surface area (Å²) in [6, 6.07) is 8.84. The Labute approximate surface area is 147 Å². The fourth-order valence-corrected chi connectivity index (χ4v) is 3.97. The minimum atomic E-state index is -0.339. The molecule has 1 unspecified atom stereocenters. The lowest BCUT2D eigenvalue weighted by Crippen LogP contribution is -2.45. The minimum Gasteiger partial charge on any atom is -0.383 e. The summed E-state index contributed by atoms with van der Waals surface area (Å²) < 4.78 is 1.54. The Kier molecular flexibility index (Phi) is 4.31. The first-order valence-corrected chi connectivity index (χ1v) is 9.05. The molecule has 2 aliphatic rings. The standard InChI is InChI=1S/C19H25N5O/c20-15-7-12(8-15)11-22-16-3-1-14-10-17(4-2-13(14)9-16)24-6-5-18(21)23-19(24)25/h2,4-6,10,12,15-16,22H,1,3,7-9,11,20H2,(H2,21,23,25)/t12-,15-,16?. The van der Waals surface area contributed by atoms with Crippen LogP contribution in [0.3, 0.4) is 0 Å². The fraction of sp³-hybridized carbons (Fsp3) is 0.474. The molecule has 1 aromatic carbocycles. The lowest BCUT2D eigenvalue weighted by Gasteiger charge is -2.35. The van der Waals surface area contributed by atoms with Gasteiger partial charge in [-0.15, -0.1) is 0 Å². The van der Waals surface area contributed by atoms with Gasteiger partial charge in [-0.05, 0) is 73.9 Å². The van der Waals surface area contributed by atoms with E-state index in [1.807, 2.05) is 6.07 Å². The third-order valence-corrected chi connectivity index (χ3v) is 5.49. The molecule has 6 nitrogen and oxygen atoms in total. The normalized spacial score (nSPS) is 25.2. The van der Waals surface area contributed by atoms with Gasteiger partial charge in [-0.3, -0.25) is 4.57 Å². The third-order valence-electron chi connectivity index (χ3n) is 5.49. The second-order valence-corrected chi connectivity index (χ2v) is 7.40. The molecule has 0 amide bonds. The van der Waals surface area contributed by atoms with Gasteiger partial charge in [0.05, 0.1) is 5.69 Å². The first-order chi connectivity index (χ1) is 12.1. The monoisotopic (exact) mass is 339 g/mol. The van der Waals surface area contributed by atoms with E-state index in [9.17, 15) is 4.79 Å². The van der Waals surface area contributed by atoms with Crippen LogP contribution in [0.2, 0.25) is 0 Å². The molecule has 1 atom stereocenters. The van der Waals surface area contributed by atoms with Gasteiger partial charge in [0.15, 0.2) is 0 Å². The summed E-state index contributed by atoms with van der Waals surface area (Å²) in [6.07, 6.45) is 7.20. The number of nitrogen functional groups attached to an aromatic ring is 1. The van der Waals surface area contributed by atoms with Crippen molar-refractivity contribution in [3.63, 3.8) is 0 Å². The van der Waals surface area contributed by atoms with Crippen LogP contribution in [0.5, 0.6) is 0 Å². The van der Waals surface area contributed by atoms with Crippen LogP contribution in [-0.2, 0) is 12.8 Å². The highest BCUT2D eigenvalue weighted by atomic mass is 16.1. The third kappa shape index (κ3) is 3.45. The zero-order chi connectivity index (χ0) is 17.4. The van der Waals surface area contributed by atoms with Crippen LogP contribution in [0.25, 0.3) is 5.69 Å². The van der Waals surface area contributed by atoms with Gasteiger partial charge in [-0.2, -0.15) is 4.98 Å². The maximum absolute atomic E-state index is 12.0. The Morgan fingerprint density at radius 3 is 2.84 bits per heavy atom. The number of hydrogen-bond acceptors (Lipinski definition) is 5. The van der Waals surface area contributed by atoms with E-state index in [-0.39, 0.29) is 11.5 Å². The van der Waals surface area contributed by atoms with Crippen LogP contribution in [0, 0.1) is 5.92 Å². The van der Waals surface area contributed by atoms with Crippen LogP contribution >= 0.6 is 0 Å². The summed E-state index contributed by atoms with van der Waals surface area (Å²) in [5, 5.41) is 3.71. The highest BCUT2D eigenvalue weighted by molar-refractivity contribution is 5.43.